The second kappa shape index (κ2) is 9.27. The van der Waals surface area contributed by atoms with Crippen molar-refractivity contribution in [1.82, 2.24) is 0 Å². The van der Waals surface area contributed by atoms with E-state index in [9.17, 15) is 0 Å². The number of anilines is 1. The van der Waals surface area contributed by atoms with Gasteiger partial charge in [-0.05, 0) is 42.2 Å². The molecular formula is C16H28N2S. The molecule has 0 aromatic heterocycles. The minimum atomic E-state index is 0.236. The predicted octanol–water partition coefficient (Wildman–Crippen LogP) is 4.12. The number of benzene rings is 1. The van der Waals surface area contributed by atoms with E-state index >= 15 is 0 Å². The van der Waals surface area contributed by atoms with Gasteiger partial charge in [0.1, 0.15) is 0 Å². The third kappa shape index (κ3) is 7.48. The Bertz CT molecular complexity index is 335. The minimum absolute atomic E-state index is 0.236. The molecule has 0 heterocycles. The van der Waals surface area contributed by atoms with Gasteiger partial charge in [-0.1, -0.05) is 32.9 Å². The first-order chi connectivity index (χ1) is 9.11. The SMILES string of the molecule is CCCSCc1ccc(NCC(N)CC(C)C)cc1. The minimum Gasteiger partial charge on any atom is -0.383 e. The summed E-state index contributed by atoms with van der Waals surface area (Å²) in [5.41, 5.74) is 8.64. The molecule has 19 heavy (non-hydrogen) atoms. The molecule has 0 aliphatic rings. The summed E-state index contributed by atoms with van der Waals surface area (Å²) in [6.45, 7) is 7.49. The molecule has 2 nitrogen and oxygen atoms in total. The number of thioether (sulfide) groups is 1. The first-order valence-electron chi connectivity index (χ1n) is 7.28. The van der Waals surface area contributed by atoms with E-state index in [1.807, 2.05) is 11.8 Å². The van der Waals surface area contributed by atoms with E-state index in [0.29, 0.717) is 5.92 Å². The number of hydrogen-bond acceptors (Lipinski definition) is 3. The van der Waals surface area contributed by atoms with Crippen molar-refractivity contribution in [1.29, 1.82) is 0 Å². The number of nitrogens with two attached hydrogens (primary N) is 1. The van der Waals surface area contributed by atoms with Crippen molar-refractivity contribution >= 4 is 17.4 Å². The fourth-order valence-corrected chi connectivity index (χ4v) is 2.85. The van der Waals surface area contributed by atoms with Gasteiger partial charge in [0.05, 0.1) is 0 Å². The van der Waals surface area contributed by atoms with E-state index in [1.165, 1.54) is 23.4 Å². The quantitative estimate of drug-likeness (QED) is 0.668. The van der Waals surface area contributed by atoms with Crippen LogP contribution in [0.3, 0.4) is 0 Å². The monoisotopic (exact) mass is 280 g/mol. The van der Waals surface area contributed by atoms with Crippen LogP contribution < -0.4 is 11.1 Å². The van der Waals surface area contributed by atoms with Gasteiger partial charge in [-0.3, -0.25) is 0 Å². The summed E-state index contributed by atoms with van der Waals surface area (Å²) in [5.74, 6) is 3.01. The lowest BCUT2D eigenvalue weighted by atomic mass is 10.0. The molecule has 3 N–H and O–H groups in total. The van der Waals surface area contributed by atoms with Gasteiger partial charge in [-0.25, -0.2) is 0 Å². The molecule has 0 saturated carbocycles. The Labute approximate surface area is 122 Å². The van der Waals surface area contributed by atoms with Gasteiger partial charge in [0.15, 0.2) is 0 Å². The van der Waals surface area contributed by atoms with Gasteiger partial charge < -0.3 is 11.1 Å². The summed E-state index contributed by atoms with van der Waals surface area (Å²) in [4.78, 5) is 0. The van der Waals surface area contributed by atoms with Crippen LogP contribution in [0.4, 0.5) is 5.69 Å². The average molecular weight is 280 g/mol. The van der Waals surface area contributed by atoms with E-state index in [-0.39, 0.29) is 6.04 Å². The van der Waals surface area contributed by atoms with Crippen LogP contribution in [0.5, 0.6) is 0 Å². The van der Waals surface area contributed by atoms with Crippen LogP contribution in [0.25, 0.3) is 0 Å². The summed E-state index contributed by atoms with van der Waals surface area (Å²) in [6.07, 6.45) is 2.32. The number of hydrogen-bond donors (Lipinski definition) is 2. The maximum Gasteiger partial charge on any atom is 0.0340 e. The van der Waals surface area contributed by atoms with Crippen LogP contribution in [0.15, 0.2) is 24.3 Å². The molecule has 1 aromatic rings. The fraction of sp³-hybridized carbons (Fsp3) is 0.625. The molecule has 0 bridgehead atoms. The summed E-state index contributed by atoms with van der Waals surface area (Å²) in [6, 6.07) is 8.96. The Hall–Kier alpha value is -0.670. The van der Waals surface area contributed by atoms with E-state index in [1.54, 1.807) is 0 Å². The largest absolute Gasteiger partial charge is 0.383 e. The smallest absolute Gasteiger partial charge is 0.0340 e. The normalized spacial score (nSPS) is 12.7. The summed E-state index contributed by atoms with van der Waals surface area (Å²) >= 11 is 2.00. The topological polar surface area (TPSA) is 38.0 Å². The molecule has 1 aromatic carbocycles. The van der Waals surface area contributed by atoms with Crippen molar-refractivity contribution in [3.05, 3.63) is 29.8 Å². The average Bonchev–Trinajstić information content (AvgIpc) is 2.37. The molecule has 0 fully saturated rings. The van der Waals surface area contributed by atoms with Crippen molar-refractivity contribution in [3.63, 3.8) is 0 Å². The highest BCUT2D eigenvalue weighted by Gasteiger charge is 2.05. The first-order valence-corrected chi connectivity index (χ1v) is 8.43. The highest BCUT2D eigenvalue weighted by Crippen LogP contribution is 2.16. The van der Waals surface area contributed by atoms with Crippen molar-refractivity contribution < 1.29 is 0 Å². The standard InChI is InChI=1S/C16H28N2S/c1-4-9-19-12-14-5-7-16(8-6-14)18-11-15(17)10-13(2)3/h5-8,13,15,18H,4,9-12,17H2,1-3H3. The molecule has 0 spiro atoms. The third-order valence-electron chi connectivity index (χ3n) is 2.91. The van der Waals surface area contributed by atoms with Gasteiger partial charge >= 0.3 is 0 Å². The molecule has 1 atom stereocenters. The van der Waals surface area contributed by atoms with Crippen LogP contribution in [0.2, 0.25) is 0 Å². The number of nitrogens with one attached hydrogen (secondary N) is 1. The lowest BCUT2D eigenvalue weighted by molar-refractivity contribution is 0.508. The Balaban J connectivity index is 2.31. The van der Waals surface area contributed by atoms with Gasteiger partial charge in [-0.2, -0.15) is 11.8 Å². The molecule has 0 radical (unpaired) electrons. The highest BCUT2D eigenvalue weighted by molar-refractivity contribution is 7.98. The summed E-state index contributed by atoms with van der Waals surface area (Å²) in [5, 5.41) is 3.41. The fourth-order valence-electron chi connectivity index (χ4n) is 1.99. The molecule has 0 aliphatic heterocycles. The highest BCUT2D eigenvalue weighted by atomic mass is 32.2. The zero-order valence-corrected chi connectivity index (χ0v) is 13.3. The zero-order chi connectivity index (χ0) is 14.1. The Morgan fingerprint density at radius 2 is 1.89 bits per heavy atom. The first kappa shape index (κ1) is 16.4. The Morgan fingerprint density at radius 1 is 1.21 bits per heavy atom. The van der Waals surface area contributed by atoms with Crippen LogP contribution in [-0.4, -0.2) is 18.3 Å². The summed E-state index contributed by atoms with van der Waals surface area (Å²) < 4.78 is 0. The van der Waals surface area contributed by atoms with Crippen LogP contribution >= 0.6 is 11.8 Å². The van der Waals surface area contributed by atoms with E-state index < -0.39 is 0 Å². The van der Waals surface area contributed by atoms with Gasteiger partial charge in [0, 0.05) is 24.0 Å². The van der Waals surface area contributed by atoms with Crippen LogP contribution in [-0.2, 0) is 5.75 Å². The Morgan fingerprint density at radius 3 is 2.47 bits per heavy atom. The van der Waals surface area contributed by atoms with Gasteiger partial charge in [-0.15, -0.1) is 0 Å². The molecule has 1 unspecified atom stereocenters. The van der Waals surface area contributed by atoms with Crippen molar-refractivity contribution in [3.8, 4) is 0 Å². The molecule has 1 rings (SSSR count). The van der Waals surface area contributed by atoms with Crippen molar-refractivity contribution in [2.24, 2.45) is 11.7 Å². The third-order valence-corrected chi connectivity index (χ3v) is 4.15. The van der Waals surface area contributed by atoms with Crippen molar-refractivity contribution in [2.75, 3.05) is 17.6 Å². The van der Waals surface area contributed by atoms with Crippen LogP contribution in [0.1, 0.15) is 39.2 Å². The summed E-state index contributed by atoms with van der Waals surface area (Å²) in [7, 11) is 0. The predicted molar refractivity (Wildman–Crippen MR) is 88.8 cm³/mol. The molecular weight excluding hydrogens is 252 g/mol. The molecule has 0 amide bonds. The van der Waals surface area contributed by atoms with E-state index in [2.05, 4.69) is 50.4 Å². The van der Waals surface area contributed by atoms with Crippen LogP contribution in [0, 0.1) is 5.92 Å². The van der Waals surface area contributed by atoms with Crippen molar-refractivity contribution in [2.45, 2.75) is 45.4 Å². The molecule has 0 saturated heterocycles. The van der Waals surface area contributed by atoms with E-state index in [4.69, 9.17) is 5.73 Å². The second-order valence-electron chi connectivity index (χ2n) is 5.52. The Kier molecular flexibility index (Phi) is 7.99. The molecule has 3 heteroatoms. The maximum atomic E-state index is 6.07. The molecule has 108 valence electrons. The zero-order valence-electron chi connectivity index (χ0n) is 12.5. The lowest BCUT2D eigenvalue weighted by Crippen LogP contribution is -2.30. The maximum absolute atomic E-state index is 6.07. The van der Waals surface area contributed by atoms with Gasteiger partial charge in [0.2, 0.25) is 0 Å². The second-order valence-corrected chi connectivity index (χ2v) is 6.63. The molecule has 0 aliphatic carbocycles. The lowest BCUT2D eigenvalue weighted by Gasteiger charge is -2.15. The van der Waals surface area contributed by atoms with E-state index in [0.717, 1.165) is 18.7 Å². The number of rotatable bonds is 9. The van der Waals surface area contributed by atoms with Gasteiger partial charge in [0.25, 0.3) is 0 Å².